The Labute approximate surface area is 154 Å². The van der Waals surface area contributed by atoms with Crippen molar-refractivity contribution in [2.75, 3.05) is 0 Å². The first-order valence-corrected chi connectivity index (χ1v) is 8.19. The van der Waals surface area contributed by atoms with Gasteiger partial charge in [0.2, 0.25) is 0 Å². The Kier molecular flexibility index (Phi) is 4.63. The van der Waals surface area contributed by atoms with Crippen molar-refractivity contribution in [1.82, 2.24) is 9.78 Å². The minimum absolute atomic E-state index is 0.0478. The van der Waals surface area contributed by atoms with Crippen LogP contribution in [0.1, 0.15) is 11.4 Å². The first-order chi connectivity index (χ1) is 11.4. The van der Waals surface area contributed by atoms with E-state index in [4.69, 9.17) is 39.5 Å². The number of aromatic hydroxyl groups is 1. The van der Waals surface area contributed by atoms with Gasteiger partial charge in [-0.25, -0.2) is 4.68 Å². The SMILES string of the molecule is Cc1nn(-c2c(Cl)cc(Cl)cc2Cl)c(C)c1Oc1ccccc1O. The van der Waals surface area contributed by atoms with E-state index in [1.54, 1.807) is 48.0 Å². The predicted octanol–water partition coefficient (Wildman–Crippen LogP) is 5.95. The normalized spacial score (nSPS) is 10.9. The van der Waals surface area contributed by atoms with Crippen LogP contribution in [-0.2, 0) is 0 Å². The lowest BCUT2D eigenvalue weighted by molar-refractivity contribution is 0.408. The summed E-state index contributed by atoms with van der Waals surface area (Å²) < 4.78 is 7.43. The van der Waals surface area contributed by atoms with Crippen molar-refractivity contribution >= 4 is 34.8 Å². The molecule has 0 aliphatic carbocycles. The molecule has 2 aromatic carbocycles. The summed E-state index contributed by atoms with van der Waals surface area (Å²) in [7, 11) is 0. The fraction of sp³-hybridized carbons (Fsp3) is 0.118. The van der Waals surface area contributed by atoms with Crippen molar-refractivity contribution in [3.8, 4) is 22.9 Å². The molecule has 0 amide bonds. The van der Waals surface area contributed by atoms with Crippen LogP contribution < -0.4 is 4.74 Å². The Balaban J connectivity index is 2.10. The number of ether oxygens (including phenoxy) is 1. The summed E-state index contributed by atoms with van der Waals surface area (Å²) in [5, 5.41) is 15.6. The number of nitrogens with zero attached hydrogens (tertiary/aromatic N) is 2. The number of aromatic nitrogens is 2. The van der Waals surface area contributed by atoms with Crippen LogP contribution >= 0.6 is 34.8 Å². The maximum atomic E-state index is 9.89. The number of hydrogen-bond acceptors (Lipinski definition) is 3. The van der Waals surface area contributed by atoms with Gasteiger partial charge in [0.15, 0.2) is 17.2 Å². The number of halogens is 3. The standard InChI is InChI=1S/C17H13Cl3N2O2/c1-9-17(24-15-6-4-3-5-14(15)23)10(2)22(21-9)16-12(19)7-11(18)8-13(16)20/h3-8,23H,1-2H3. The molecule has 1 N–H and O–H groups in total. The Morgan fingerprint density at radius 2 is 1.67 bits per heavy atom. The summed E-state index contributed by atoms with van der Waals surface area (Å²) in [6.45, 7) is 3.63. The van der Waals surface area contributed by atoms with Gasteiger partial charge in [-0.3, -0.25) is 0 Å². The molecule has 0 atom stereocenters. The molecule has 0 saturated heterocycles. The lowest BCUT2D eigenvalue weighted by atomic mass is 10.3. The van der Waals surface area contributed by atoms with Crippen LogP contribution in [0.2, 0.25) is 15.1 Å². The average molecular weight is 384 g/mol. The van der Waals surface area contributed by atoms with E-state index in [9.17, 15) is 5.11 Å². The van der Waals surface area contributed by atoms with Gasteiger partial charge in [-0.1, -0.05) is 46.9 Å². The fourth-order valence-electron chi connectivity index (χ4n) is 2.38. The van der Waals surface area contributed by atoms with E-state index in [0.29, 0.717) is 43.6 Å². The van der Waals surface area contributed by atoms with Gasteiger partial charge >= 0.3 is 0 Å². The Bertz CT molecular complexity index is 899. The molecule has 3 aromatic rings. The van der Waals surface area contributed by atoms with Crippen LogP contribution in [0.15, 0.2) is 36.4 Å². The molecule has 1 heterocycles. The van der Waals surface area contributed by atoms with Crippen molar-refractivity contribution in [3.63, 3.8) is 0 Å². The summed E-state index contributed by atoms with van der Waals surface area (Å²) >= 11 is 18.5. The first-order valence-electron chi connectivity index (χ1n) is 7.05. The molecule has 1 aromatic heterocycles. The molecule has 0 spiro atoms. The molecule has 0 aliphatic heterocycles. The highest BCUT2D eigenvalue weighted by Gasteiger charge is 2.20. The zero-order valence-electron chi connectivity index (χ0n) is 12.8. The number of para-hydroxylation sites is 2. The minimum Gasteiger partial charge on any atom is -0.504 e. The predicted molar refractivity (Wildman–Crippen MR) is 96.2 cm³/mol. The van der Waals surface area contributed by atoms with Gasteiger partial charge in [0.25, 0.3) is 0 Å². The van der Waals surface area contributed by atoms with E-state index in [1.165, 1.54) is 0 Å². The lowest BCUT2D eigenvalue weighted by Gasteiger charge is -2.11. The molecule has 0 unspecified atom stereocenters. The molecule has 4 nitrogen and oxygen atoms in total. The molecule has 124 valence electrons. The van der Waals surface area contributed by atoms with Crippen LogP contribution in [0.4, 0.5) is 0 Å². The van der Waals surface area contributed by atoms with E-state index in [1.807, 2.05) is 6.92 Å². The van der Waals surface area contributed by atoms with Gasteiger partial charge in [-0.2, -0.15) is 5.10 Å². The molecule has 0 fully saturated rings. The molecule has 0 aliphatic rings. The van der Waals surface area contributed by atoms with Gasteiger partial charge in [-0.05, 0) is 38.1 Å². The Morgan fingerprint density at radius 3 is 2.29 bits per heavy atom. The molecular formula is C17H13Cl3N2O2. The second-order valence-corrected chi connectivity index (χ2v) is 6.45. The van der Waals surface area contributed by atoms with Crippen LogP contribution in [-0.4, -0.2) is 14.9 Å². The monoisotopic (exact) mass is 382 g/mol. The highest BCUT2D eigenvalue weighted by atomic mass is 35.5. The molecule has 3 rings (SSSR count). The highest BCUT2D eigenvalue weighted by Crippen LogP contribution is 2.38. The van der Waals surface area contributed by atoms with E-state index < -0.39 is 0 Å². The number of phenols is 1. The molecular weight excluding hydrogens is 371 g/mol. The summed E-state index contributed by atoms with van der Waals surface area (Å²) in [6, 6.07) is 9.93. The van der Waals surface area contributed by atoms with Crippen LogP contribution in [0.3, 0.4) is 0 Å². The zero-order valence-corrected chi connectivity index (χ0v) is 15.1. The number of benzene rings is 2. The van der Waals surface area contributed by atoms with Crippen LogP contribution in [0.5, 0.6) is 17.2 Å². The number of hydrogen-bond donors (Lipinski definition) is 1. The maximum Gasteiger partial charge on any atom is 0.171 e. The lowest BCUT2D eigenvalue weighted by Crippen LogP contribution is -2.01. The molecule has 0 bridgehead atoms. The third-order valence-electron chi connectivity index (χ3n) is 3.50. The van der Waals surface area contributed by atoms with Crippen molar-refractivity contribution in [2.24, 2.45) is 0 Å². The minimum atomic E-state index is 0.0478. The van der Waals surface area contributed by atoms with E-state index >= 15 is 0 Å². The summed E-state index contributed by atoms with van der Waals surface area (Å²) in [5.74, 6) is 0.918. The quantitative estimate of drug-likeness (QED) is 0.608. The number of rotatable bonds is 3. The largest absolute Gasteiger partial charge is 0.504 e. The van der Waals surface area contributed by atoms with Crippen LogP contribution in [0.25, 0.3) is 5.69 Å². The third-order valence-corrected chi connectivity index (χ3v) is 4.29. The second-order valence-electron chi connectivity index (χ2n) is 5.20. The van der Waals surface area contributed by atoms with Crippen LogP contribution in [0, 0.1) is 13.8 Å². The third kappa shape index (κ3) is 3.05. The Morgan fingerprint density at radius 1 is 1.04 bits per heavy atom. The molecule has 24 heavy (non-hydrogen) atoms. The van der Waals surface area contributed by atoms with Gasteiger partial charge in [0.1, 0.15) is 11.4 Å². The number of aryl methyl sites for hydroxylation is 1. The van der Waals surface area contributed by atoms with Gasteiger partial charge in [0, 0.05) is 5.02 Å². The topological polar surface area (TPSA) is 47.3 Å². The smallest absolute Gasteiger partial charge is 0.171 e. The van der Waals surface area contributed by atoms with Gasteiger partial charge in [0.05, 0.1) is 15.7 Å². The van der Waals surface area contributed by atoms with E-state index in [0.717, 1.165) is 0 Å². The van der Waals surface area contributed by atoms with Gasteiger partial charge in [-0.15, -0.1) is 0 Å². The molecule has 0 radical (unpaired) electrons. The van der Waals surface area contributed by atoms with E-state index in [-0.39, 0.29) is 5.75 Å². The highest BCUT2D eigenvalue weighted by molar-refractivity contribution is 6.40. The number of phenolic OH excluding ortho intramolecular Hbond substituents is 1. The summed E-state index contributed by atoms with van der Waals surface area (Å²) in [5.41, 5.74) is 1.86. The first kappa shape index (κ1) is 17.0. The van der Waals surface area contributed by atoms with E-state index in [2.05, 4.69) is 5.10 Å². The second kappa shape index (κ2) is 6.55. The fourth-order valence-corrected chi connectivity index (χ4v) is 3.36. The zero-order chi connectivity index (χ0) is 17.4. The maximum absolute atomic E-state index is 9.89. The van der Waals surface area contributed by atoms with Crippen molar-refractivity contribution < 1.29 is 9.84 Å². The van der Waals surface area contributed by atoms with Crippen molar-refractivity contribution in [1.29, 1.82) is 0 Å². The summed E-state index contributed by atoms with van der Waals surface area (Å²) in [4.78, 5) is 0. The molecule has 7 heteroatoms. The molecule has 0 saturated carbocycles. The summed E-state index contributed by atoms with van der Waals surface area (Å²) in [6.07, 6.45) is 0. The van der Waals surface area contributed by atoms with Gasteiger partial charge < -0.3 is 9.84 Å². The Hall–Kier alpha value is -1.88. The van der Waals surface area contributed by atoms with Crippen molar-refractivity contribution in [2.45, 2.75) is 13.8 Å². The van der Waals surface area contributed by atoms with Crippen molar-refractivity contribution in [3.05, 3.63) is 62.9 Å². The average Bonchev–Trinajstić information content (AvgIpc) is 2.76.